The predicted molar refractivity (Wildman–Crippen MR) is 60.6 cm³/mol. The summed E-state index contributed by atoms with van der Waals surface area (Å²) in [7, 11) is 0. The summed E-state index contributed by atoms with van der Waals surface area (Å²) >= 11 is 0. The Morgan fingerprint density at radius 1 is 1.24 bits per heavy atom. The molecule has 0 heterocycles. The summed E-state index contributed by atoms with van der Waals surface area (Å²) in [6.07, 6.45) is -3.14. The Balaban J connectivity index is 2.93. The van der Waals surface area contributed by atoms with Crippen molar-refractivity contribution < 1.29 is 18.3 Å². The van der Waals surface area contributed by atoms with Gasteiger partial charge >= 0.3 is 6.18 Å². The summed E-state index contributed by atoms with van der Waals surface area (Å²) in [5.41, 5.74) is -0.380. The maximum atomic E-state index is 12.5. The quantitative estimate of drug-likeness (QED) is 0.859. The monoisotopic (exact) mass is 246 g/mol. The van der Waals surface area contributed by atoms with Crippen LogP contribution < -0.4 is 0 Å². The molecule has 17 heavy (non-hydrogen) atoms. The normalized spacial score (nSPS) is 15.6. The van der Waals surface area contributed by atoms with Crippen molar-refractivity contribution in [1.29, 1.82) is 0 Å². The number of alkyl halides is 3. The van der Waals surface area contributed by atoms with Crippen molar-refractivity contribution in [3.05, 3.63) is 35.4 Å². The maximum absolute atomic E-state index is 12.5. The summed E-state index contributed by atoms with van der Waals surface area (Å²) in [5, 5.41) is 9.25. The zero-order valence-corrected chi connectivity index (χ0v) is 10.0. The Morgan fingerprint density at radius 3 is 2.35 bits per heavy atom. The lowest BCUT2D eigenvalue weighted by Crippen LogP contribution is -2.23. The second-order valence-corrected chi connectivity index (χ2v) is 4.70. The minimum atomic E-state index is -4.31. The molecule has 0 aliphatic heterocycles. The third kappa shape index (κ3) is 3.73. The summed E-state index contributed by atoms with van der Waals surface area (Å²) in [4.78, 5) is 0. The van der Waals surface area contributed by atoms with Crippen molar-refractivity contribution in [3.63, 3.8) is 0 Å². The van der Waals surface area contributed by atoms with E-state index < -0.39 is 11.7 Å². The fourth-order valence-electron chi connectivity index (χ4n) is 1.64. The number of halogens is 3. The van der Waals surface area contributed by atoms with Gasteiger partial charge in [-0.1, -0.05) is 32.0 Å². The van der Waals surface area contributed by atoms with Gasteiger partial charge in [-0.05, 0) is 29.9 Å². The zero-order chi connectivity index (χ0) is 13.1. The van der Waals surface area contributed by atoms with Crippen molar-refractivity contribution in [1.82, 2.24) is 0 Å². The van der Waals surface area contributed by atoms with Crippen LogP contribution in [0.5, 0.6) is 0 Å². The van der Waals surface area contributed by atoms with Crippen LogP contribution in [0.2, 0.25) is 0 Å². The van der Waals surface area contributed by atoms with Gasteiger partial charge in [-0.15, -0.1) is 0 Å². The Morgan fingerprint density at radius 2 is 1.88 bits per heavy atom. The van der Waals surface area contributed by atoms with Crippen LogP contribution in [0, 0.1) is 5.41 Å². The van der Waals surface area contributed by atoms with Gasteiger partial charge in [0.15, 0.2) is 0 Å². The molecule has 1 atom stereocenters. The topological polar surface area (TPSA) is 20.2 Å². The van der Waals surface area contributed by atoms with Gasteiger partial charge in [0.1, 0.15) is 0 Å². The first-order chi connectivity index (χ1) is 7.80. The van der Waals surface area contributed by atoms with E-state index in [0.717, 1.165) is 18.6 Å². The van der Waals surface area contributed by atoms with Gasteiger partial charge in [0.2, 0.25) is 0 Å². The standard InChI is InChI=1S/C13H17F3O/c1-3-12(2,9-17)8-10-5-4-6-11(7-10)13(14,15)16/h4-7,17H,3,8-9H2,1-2H3. The van der Waals surface area contributed by atoms with Crippen LogP contribution in [0.3, 0.4) is 0 Å². The molecule has 0 aliphatic carbocycles. The summed E-state index contributed by atoms with van der Waals surface area (Å²) in [6.45, 7) is 3.76. The number of hydrogen-bond acceptors (Lipinski definition) is 1. The summed E-state index contributed by atoms with van der Waals surface area (Å²) in [6, 6.07) is 5.29. The minimum absolute atomic E-state index is 0.0280. The second kappa shape index (κ2) is 5.08. The van der Waals surface area contributed by atoms with E-state index in [1.807, 2.05) is 13.8 Å². The molecule has 0 spiro atoms. The van der Waals surface area contributed by atoms with E-state index >= 15 is 0 Å². The van der Waals surface area contributed by atoms with Gasteiger partial charge in [-0.3, -0.25) is 0 Å². The van der Waals surface area contributed by atoms with Crippen molar-refractivity contribution in [3.8, 4) is 0 Å². The Labute approximate surface area is 99.3 Å². The van der Waals surface area contributed by atoms with E-state index in [1.54, 1.807) is 6.07 Å². The lowest BCUT2D eigenvalue weighted by atomic mass is 9.82. The molecule has 1 aromatic carbocycles. The van der Waals surface area contributed by atoms with E-state index in [1.165, 1.54) is 6.07 Å². The fourth-order valence-corrected chi connectivity index (χ4v) is 1.64. The first-order valence-corrected chi connectivity index (χ1v) is 5.58. The van der Waals surface area contributed by atoms with Crippen LogP contribution in [0.1, 0.15) is 31.4 Å². The van der Waals surface area contributed by atoms with Crippen molar-refractivity contribution in [2.75, 3.05) is 6.61 Å². The minimum Gasteiger partial charge on any atom is -0.396 e. The van der Waals surface area contributed by atoms with E-state index in [9.17, 15) is 18.3 Å². The molecule has 1 aromatic rings. The first kappa shape index (κ1) is 14.0. The highest BCUT2D eigenvalue weighted by molar-refractivity contribution is 5.26. The molecule has 1 unspecified atom stereocenters. The van der Waals surface area contributed by atoms with Gasteiger partial charge in [0.05, 0.1) is 5.56 Å². The van der Waals surface area contributed by atoms with Crippen molar-refractivity contribution in [2.24, 2.45) is 5.41 Å². The van der Waals surface area contributed by atoms with Gasteiger partial charge < -0.3 is 5.11 Å². The first-order valence-electron chi connectivity index (χ1n) is 5.58. The van der Waals surface area contributed by atoms with Crippen molar-refractivity contribution in [2.45, 2.75) is 32.9 Å². The Bertz CT molecular complexity index is 367. The van der Waals surface area contributed by atoms with E-state index in [4.69, 9.17) is 0 Å². The SMILES string of the molecule is CCC(C)(CO)Cc1cccc(C(F)(F)F)c1. The van der Waals surface area contributed by atoms with Gasteiger partial charge in [-0.25, -0.2) is 0 Å². The molecular weight excluding hydrogens is 229 g/mol. The average Bonchev–Trinajstić information content (AvgIpc) is 2.28. The average molecular weight is 246 g/mol. The second-order valence-electron chi connectivity index (χ2n) is 4.70. The highest BCUT2D eigenvalue weighted by atomic mass is 19.4. The number of hydrogen-bond donors (Lipinski definition) is 1. The molecular formula is C13H17F3O. The molecule has 0 radical (unpaired) electrons. The number of benzene rings is 1. The number of rotatable bonds is 4. The molecule has 4 heteroatoms. The summed E-state index contributed by atoms with van der Waals surface area (Å²) < 4.78 is 37.5. The highest BCUT2D eigenvalue weighted by Crippen LogP contribution is 2.32. The zero-order valence-electron chi connectivity index (χ0n) is 10.0. The number of aliphatic hydroxyl groups is 1. The van der Waals surface area contributed by atoms with Gasteiger partial charge in [-0.2, -0.15) is 13.2 Å². The molecule has 0 fully saturated rings. The molecule has 1 rings (SSSR count). The van der Waals surface area contributed by atoms with Crippen molar-refractivity contribution >= 4 is 0 Å². The van der Waals surface area contributed by atoms with Crippen LogP contribution in [0.25, 0.3) is 0 Å². The van der Waals surface area contributed by atoms with Crippen LogP contribution in [0.4, 0.5) is 13.2 Å². The maximum Gasteiger partial charge on any atom is 0.416 e. The molecule has 0 bridgehead atoms. The third-order valence-corrected chi connectivity index (χ3v) is 3.12. The molecule has 0 aliphatic rings. The van der Waals surface area contributed by atoms with Crippen LogP contribution >= 0.6 is 0 Å². The van der Waals surface area contributed by atoms with E-state index in [-0.39, 0.29) is 12.0 Å². The largest absolute Gasteiger partial charge is 0.416 e. The molecule has 96 valence electrons. The smallest absolute Gasteiger partial charge is 0.396 e. The predicted octanol–water partition coefficient (Wildman–Crippen LogP) is 3.66. The van der Waals surface area contributed by atoms with Gasteiger partial charge in [0.25, 0.3) is 0 Å². The molecule has 0 saturated carbocycles. The molecule has 1 N–H and O–H groups in total. The Kier molecular flexibility index (Phi) is 4.20. The van der Waals surface area contributed by atoms with Crippen LogP contribution in [-0.4, -0.2) is 11.7 Å². The van der Waals surface area contributed by atoms with Crippen LogP contribution in [0.15, 0.2) is 24.3 Å². The summed E-state index contributed by atoms with van der Waals surface area (Å²) in [5.74, 6) is 0. The fraction of sp³-hybridized carbons (Fsp3) is 0.538. The van der Waals surface area contributed by atoms with Crippen LogP contribution in [-0.2, 0) is 12.6 Å². The third-order valence-electron chi connectivity index (χ3n) is 3.12. The molecule has 1 nitrogen and oxygen atoms in total. The lowest BCUT2D eigenvalue weighted by molar-refractivity contribution is -0.137. The highest BCUT2D eigenvalue weighted by Gasteiger charge is 2.31. The lowest BCUT2D eigenvalue weighted by Gasteiger charge is -2.25. The van der Waals surface area contributed by atoms with E-state index in [2.05, 4.69) is 0 Å². The van der Waals surface area contributed by atoms with E-state index in [0.29, 0.717) is 12.0 Å². The Hall–Kier alpha value is -1.03. The molecule has 0 saturated heterocycles. The molecule has 0 aromatic heterocycles. The molecule has 0 amide bonds. The van der Waals surface area contributed by atoms with Gasteiger partial charge in [0, 0.05) is 6.61 Å². The number of aliphatic hydroxyl groups excluding tert-OH is 1.